The second-order valence-corrected chi connectivity index (χ2v) is 7.33. The predicted octanol–water partition coefficient (Wildman–Crippen LogP) is 2.41. The van der Waals surface area contributed by atoms with Crippen LogP contribution >= 0.6 is 23.5 Å². The molecule has 1 aromatic rings. The van der Waals surface area contributed by atoms with E-state index in [1.807, 2.05) is 23.5 Å². The minimum atomic E-state index is -0.187. The molecule has 108 valence electrons. The molecule has 0 aliphatic carbocycles. The van der Waals surface area contributed by atoms with Crippen LogP contribution in [0.5, 0.6) is 0 Å². The lowest BCUT2D eigenvalue weighted by Crippen LogP contribution is -2.17. The van der Waals surface area contributed by atoms with Crippen molar-refractivity contribution in [3.05, 3.63) is 11.7 Å². The minimum Gasteiger partial charge on any atom is -0.385 e. The zero-order chi connectivity index (χ0) is 13.7. The molecule has 0 spiro atoms. The second-order valence-electron chi connectivity index (χ2n) is 4.60. The highest BCUT2D eigenvalue weighted by molar-refractivity contribution is 8.06. The van der Waals surface area contributed by atoms with E-state index in [4.69, 9.17) is 15.0 Å². The number of ether oxygens (including phenoxy) is 1. The van der Waals surface area contributed by atoms with Gasteiger partial charge in [0.05, 0.1) is 11.3 Å². The third kappa shape index (κ3) is 4.11. The summed E-state index contributed by atoms with van der Waals surface area (Å²) in [6.07, 6.45) is 1.71. The molecule has 0 saturated carbocycles. The minimum absolute atomic E-state index is 0.187. The third-order valence-electron chi connectivity index (χ3n) is 3.08. The molecule has 5 nitrogen and oxygen atoms in total. The first-order valence-corrected chi connectivity index (χ1v) is 8.63. The molecule has 7 heteroatoms. The van der Waals surface area contributed by atoms with Crippen LogP contribution in [0.1, 0.15) is 42.8 Å². The van der Waals surface area contributed by atoms with E-state index in [0.29, 0.717) is 23.0 Å². The molecule has 1 aliphatic heterocycles. The Hall–Kier alpha value is -0.240. The number of nitrogens with zero attached hydrogens (tertiary/aromatic N) is 2. The maximum atomic E-state index is 6.05. The van der Waals surface area contributed by atoms with Crippen molar-refractivity contribution in [1.29, 1.82) is 0 Å². The Balaban J connectivity index is 1.94. The van der Waals surface area contributed by atoms with Crippen LogP contribution in [0.4, 0.5) is 0 Å². The summed E-state index contributed by atoms with van der Waals surface area (Å²) in [5.74, 6) is 3.68. The van der Waals surface area contributed by atoms with Crippen molar-refractivity contribution >= 4 is 23.5 Å². The van der Waals surface area contributed by atoms with Gasteiger partial charge in [-0.05, 0) is 12.8 Å². The zero-order valence-corrected chi connectivity index (χ0v) is 13.0. The van der Waals surface area contributed by atoms with Gasteiger partial charge in [0.1, 0.15) is 0 Å². The van der Waals surface area contributed by atoms with E-state index < -0.39 is 0 Å². The van der Waals surface area contributed by atoms with Crippen molar-refractivity contribution in [2.45, 2.75) is 36.3 Å². The quantitative estimate of drug-likeness (QED) is 0.809. The fourth-order valence-electron chi connectivity index (χ4n) is 2.00. The average molecular weight is 303 g/mol. The molecule has 2 rings (SSSR count). The average Bonchev–Trinajstić information content (AvgIpc) is 2.89. The first kappa shape index (κ1) is 15.2. The van der Waals surface area contributed by atoms with E-state index in [9.17, 15) is 0 Å². The molecular weight excluding hydrogens is 282 g/mol. The Labute approximate surface area is 122 Å². The summed E-state index contributed by atoms with van der Waals surface area (Å²) >= 11 is 3.87. The van der Waals surface area contributed by atoms with E-state index in [1.165, 1.54) is 5.75 Å². The standard InChI is InChI=1S/C12H21N3O2S2/c1-8-10(19-7-6-18-8)11-14-12(17-15-11)9(13)4-3-5-16-2/h8-10H,3-7,13H2,1-2H3. The summed E-state index contributed by atoms with van der Waals surface area (Å²) < 4.78 is 10.3. The molecule has 0 radical (unpaired) electrons. The van der Waals surface area contributed by atoms with Crippen molar-refractivity contribution in [3.8, 4) is 0 Å². The van der Waals surface area contributed by atoms with Crippen LogP contribution in [0.25, 0.3) is 0 Å². The van der Waals surface area contributed by atoms with Gasteiger partial charge in [-0.15, -0.1) is 11.8 Å². The molecule has 19 heavy (non-hydrogen) atoms. The largest absolute Gasteiger partial charge is 0.385 e. The number of nitrogens with two attached hydrogens (primary N) is 1. The summed E-state index contributed by atoms with van der Waals surface area (Å²) in [7, 11) is 1.69. The molecule has 3 unspecified atom stereocenters. The van der Waals surface area contributed by atoms with Crippen LogP contribution in [0.2, 0.25) is 0 Å². The molecule has 3 atom stereocenters. The highest BCUT2D eigenvalue weighted by atomic mass is 32.2. The highest BCUT2D eigenvalue weighted by Gasteiger charge is 2.29. The fraction of sp³-hybridized carbons (Fsp3) is 0.833. The SMILES string of the molecule is COCCCC(N)c1nc(C2SCCSC2C)no1. The summed E-state index contributed by atoms with van der Waals surface area (Å²) in [6.45, 7) is 2.93. The van der Waals surface area contributed by atoms with Gasteiger partial charge in [-0.2, -0.15) is 16.7 Å². The second kappa shape index (κ2) is 7.52. The number of hydrogen-bond acceptors (Lipinski definition) is 7. The molecule has 0 bridgehead atoms. The van der Waals surface area contributed by atoms with E-state index in [0.717, 1.165) is 24.4 Å². The third-order valence-corrected chi connectivity index (χ3v) is 6.17. The van der Waals surface area contributed by atoms with Gasteiger partial charge >= 0.3 is 0 Å². The molecule has 1 aliphatic rings. The number of methoxy groups -OCH3 is 1. The zero-order valence-electron chi connectivity index (χ0n) is 11.4. The van der Waals surface area contributed by atoms with Crippen molar-refractivity contribution < 1.29 is 9.26 Å². The van der Waals surface area contributed by atoms with Crippen molar-refractivity contribution in [3.63, 3.8) is 0 Å². The van der Waals surface area contributed by atoms with Gasteiger partial charge in [0.15, 0.2) is 5.82 Å². The lowest BCUT2D eigenvalue weighted by atomic mass is 10.2. The summed E-state index contributed by atoms with van der Waals surface area (Å²) in [4.78, 5) is 4.49. The van der Waals surface area contributed by atoms with Gasteiger partial charge in [0, 0.05) is 30.5 Å². The molecule has 0 amide bonds. The number of thioether (sulfide) groups is 2. The van der Waals surface area contributed by atoms with Crippen molar-refractivity contribution in [2.24, 2.45) is 5.73 Å². The van der Waals surface area contributed by atoms with Crippen LogP contribution in [0.3, 0.4) is 0 Å². The van der Waals surface area contributed by atoms with Crippen molar-refractivity contribution in [2.75, 3.05) is 25.2 Å². The summed E-state index contributed by atoms with van der Waals surface area (Å²) in [5, 5.41) is 4.95. The lowest BCUT2D eigenvalue weighted by molar-refractivity contribution is 0.188. The van der Waals surface area contributed by atoms with Gasteiger partial charge < -0.3 is 15.0 Å². The Morgan fingerprint density at radius 3 is 3.00 bits per heavy atom. The number of rotatable bonds is 6. The molecule has 0 aromatic carbocycles. The topological polar surface area (TPSA) is 74.2 Å². The van der Waals surface area contributed by atoms with Crippen LogP contribution in [-0.2, 0) is 4.74 Å². The molecule has 1 saturated heterocycles. The summed E-state index contributed by atoms with van der Waals surface area (Å²) in [6, 6.07) is -0.187. The van der Waals surface area contributed by atoms with Crippen LogP contribution in [0.15, 0.2) is 4.52 Å². The van der Waals surface area contributed by atoms with Crippen LogP contribution < -0.4 is 5.73 Å². The fourth-order valence-corrected chi connectivity index (χ4v) is 4.68. The van der Waals surface area contributed by atoms with Gasteiger partial charge in [-0.1, -0.05) is 12.1 Å². The number of aromatic nitrogens is 2. The number of hydrogen-bond donors (Lipinski definition) is 1. The summed E-state index contributed by atoms with van der Waals surface area (Å²) in [5.41, 5.74) is 6.05. The maximum absolute atomic E-state index is 6.05. The molecule has 1 fully saturated rings. The van der Waals surface area contributed by atoms with Gasteiger partial charge in [0.25, 0.3) is 0 Å². The van der Waals surface area contributed by atoms with Gasteiger partial charge in [0.2, 0.25) is 5.89 Å². The maximum Gasteiger partial charge on any atom is 0.243 e. The van der Waals surface area contributed by atoms with E-state index in [-0.39, 0.29) is 6.04 Å². The Morgan fingerprint density at radius 2 is 2.26 bits per heavy atom. The lowest BCUT2D eigenvalue weighted by Gasteiger charge is -2.24. The first-order chi connectivity index (χ1) is 9.22. The molecule has 1 aromatic heterocycles. The van der Waals surface area contributed by atoms with Crippen LogP contribution in [-0.4, -0.2) is 40.6 Å². The highest BCUT2D eigenvalue weighted by Crippen LogP contribution is 2.41. The van der Waals surface area contributed by atoms with E-state index >= 15 is 0 Å². The van der Waals surface area contributed by atoms with Gasteiger partial charge in [-0.3, -0.25) is 0 Å². The van der Waals surface area contributed by atoms with Crippen molar-refractivity contribution in [1.82, 2.24) is 10.1 Å². The predicted molar refractivity (Wildman–Crippen MR) is 79.5 cm³/mol. The van der Waals surface area contributed by atoms with E-state index in [1.54, 1.807) is 7.11 Å². The normalized spacial score (nSPS) is 25.4. The van der Waals surface area contributed by atoms with Gasteiger partial charge in [-0.25, -0.2) is 0 Å². The molecule has 2 N–H and O–H groups in total. The molecule has 2 heterocycles. The first-order valence-electron chi connectivity index (χ1n) is 6.53. The smallest absolute Gasteiger partial charge is 0.243 e. The monoisotopic (exact) mass is 303 g/mol. The van der Waals surface area contributed by atoms with E-state index in [2.05, 4.69) is 17.1 Å². The Morgan fingerprint density at radius 1 is 1.47 bits per heavy atom. The molecular formula is C12H21N3O2S2. The Bertz CT molecular complexity index is 389. The van der Waals surface area contributed by atoms with Crippen LogP contribution in [0, 0.1) is 0 Å². The Kier molecular flexibility index (Phi) is 6.00.